The van der Waals surface area contributed by atoms with Crippen molar-refractivity contribution in [3.8, 4) is 5.75 Å². The molecule has 0 heterocycles. The third kappa shape index (κ3) is 3.70. The molecule has 0 spiro atoms. The molecule has 0 unspecified atom stereocenters. The largest absolute Gasteiger partial charge is 0.494 e. The van der Waals surface area contributed by atoms with E-state index >= 15 is 0 Å². The third-order valence-electron chi connectivity index (χ3n) is 2.03. The fourth-order valence-corrected chi connectivity index (χ4v) is 1.34. The van der Waals surface area contributed by atoms with Crippen molar-refractivity contribution in [3.05, 3.63) is 28.3 Å². The molecule has 98 valence electrons. The van der Waals surface area contributed by atoms with Crippen LogP contribution in [-0.2, 0) is 9.53 Å². The maximum Gasteiger partial charge on any atom is 0.296 e. The summed E-state index contributed by atoms with van der Waals surface area (Å²) in [6, 6.07) is 4.25. The number of rotatable bonds is 6. The topological polar surface area (TPSA) is 90.7 Å². The van der Waals surface area contributed by atoms with Crippen molar-refractivity contribution >= 4 is 17.3 Å². The maximum atomic E-state index is 11.3. The van der Waals surface area contributed by atoms with Gasteiger partial charge in [0.2, 0.25) is 0 Å². The molecule has 0 saturated heterocycles. The van der Waals surface area contributed by atoms with Crippen molar-refractivity contribution in [2.45, 2.75) is 6.92 Å². The lowest BCUT2D eigenvalue weighted by Crippen LogP contribution is -2.17. The van der Waals surface area contributed by atoms with E-state index in [-0.39, 0.29) is 18.0 Å². The molecule has 1 amide bonds. The number of benzene rings is 1. The SMILES string of the molecule is CCOc1ccc(NC(=O)COC)c([N+](=O)[O-])c1. The Balaban J connectivity index is 2.96. The van der Waals surface area contributed by atoms with E-state index in [0.29, 0.717) is 12.4 Å². The summed E-state index contributed by atoms with van der Waals surface area (Å²) < 4.78 is 9.79. The van der Waals surface area contributed by atoms with Crippen LogP contribution in [0.2, 0.25) is 0 Å². The Hall–Kier alpha value is -2.15. The third-order valence-corrected chi connectivity index (χ3v) is 2.03. The van der Waals surface area contributed by atoms with Gasteiger partial charge in [0.1, 0.15) is 18.0 Å². The van der Waals surface area contributed by atoms with Crippen LogP contribution in [-0.4, -0.2) is 31.2 Å². The van der Waals surface area contributed by atoms with Crippen LogP contribution < -0.4 is 10.1 Å². The van der Waals surface area contributed by atoms with Gasteiger partial charge in [-0.1, -0.05) is 0 Å². The van der Waals surface area contributed by atoms with Gasteiger partial charge in [-0.3, -0.25) is 14.9 Å². The number of nitro benzene ring substituents is 1. The van der Waals surface area contributed by atoms with Gasteiger partial charge in [0, 0.05) is 7.11 Å². The number of methoxy groups -OCH3 is 1. The highest BCUT2D eigenvalue weighted by Crippen LogP contribution is 2.29. The molecule has 0 atom stereocenters. The zero-order valence-corrected chi connectivity index (χ0v) is 10.1. The molecule has 0 aliphatic carbocycles. The van der Waals surface area contributed by atoms with Crippen molar-refractivity contribution in [1.29, 1.82) is 0 Å². The van der Waals surface area contributed by atoms with Crippen molar-refractivity contribution < 1.29 is 19.2 Å². The highest BCUT2D eigenvalue weighted by Gasteiger charge is 2.17. The molecule has 1 aromatic rings. The Labute approximate surface area is 104 Å². The van der Waals surface area contributed by atoms with Gasteiger partial charge in [0.25, 0.3) is 11.6 Å². The molecule has 7 nitrogen and oxygen atoms in total. The number of hydrogen-bond acceptors (Lipinski definition) is 5. The van der Waals surface area contributed by atoms with Gasteiger partial charge >= 0.3 is 0 Å². The molecule has 7 heteroatoms. The number of amides is 1. The fourth-order valence-electron chi connectivity index (χ4n) is 1.34. The predicted octanol–water partition coefficient (Wildman–Crippen LogP) is 1.58. The molecule has 0 saturated carbocycles. The number of anilines is 1. The number of carbonyl (C=O) groups excluding carboxylic acids is 1. The van der Waals surface area contributed by atoms with E-state index in [2.05, 4.69) is 10.1 Å². The Morgan fingerprint density at radius 2 is 2.22 bits per heavy atom. The Morgan fingerprint density at radius 3 is 2.78 bits per heavy atom. The summed E-state index contributed by atoms with van der Waals surface area (Å²) in [5.74, 6) is -0.0706. The first kappa shape index (κ1) is 13.9. The average molecular weight is 254 g/mol. The van der Waals surface area contributed by atoms with E-state index in [4.69, 9.17) is 4.74 Å². The van der Waals surface area contributed by atoms with Crippen LogP contribution in [0.1, 0.15) is 6.92 Å². The van der Waals surface area contributed by atoms with E-state index < -0.39 is 10.8 Å². The summed E-state index contributed by atoms with van der Waals surface area (Å²) in [4.78, 5) is 21.6. The van der Waals surface area contributed by atoms with Crippen LogP contribution >= 0.6 is 0 Å². The first-order valence-corrected chi connectivity index (χ1v) is 5.28. The first-order valence-electron chi connectivity index (χ1n) is 5.28. The van der Waals surface area contributed by atoms with Crippen molar-refractivity contribution in [2.24, 2.45) is 0 Å². The highest BCUT2D eigenvalue weighted by atomic mass is 16.6. The molecule has 0 bridgehead atoms. The fraction of sp³-hybridized carbons (Fsp3) is 0.364. The zero-order valence-electron chi connectivity index (χ0n) is 10.1. The number of nitrogens with zero attached hydrogens (tertiary/aromatic N) is 1. The van der Waals surface area contributed by atoms with E-state index in [9.17, 15) is 14.9 Å². The first-order chi connectivity index (χ1) is 8.58. The van der Waals surface area contributed by atoms with Crippen LogP contribution in [0, 0.1) is 10.1 Å². The van der Waals surface area contributed by atoms with Crippen molar-refractivity contribution in [3.63, 3.8) is 0 Å². The molecule has 0 aliphatic heterocycles. The smallest absolute Gasteiger partial charge is 0.296 e. The molecule has 18 heavy (non-hydrogen) atoms. The van der Waals surface area contributed by atoms with Gasteiger partial charge in [-0.25, -0.2) is 0 Å². The normalized spacial score (nSPS) is 9.89. The Morgan fingerprint density at radius 1 is 1.50 bits per heavy atom. The summed E-state index contributed by atoms with van der Waals surface area (Å²) in [7, 11) is 1.37. The second-order valence-electron chi connectivity index (χ2n) is 3.35. The van der Waals surface area contributed by atoms with Gasteiger partial charge < -0.3 is 14.8 Å². The molecular weight excluding hydrogens is 240 g/mol. The molecule has 0 aromatic heterocycles. The summed E-state index contributed by atoms with van der Waals surface area (Å²) in [5.41, 5.74) is -0.101. The molecule has 1 N–H and O–H groups in total. The van der Waals surface area contributed by atoms with Gasteiger partial charge in [-0.05, 0) is 19.1 Å². The second-order valence-corrected chi connectivity index (χ2v) is 3.35. The van der Waals surface area contributed by atoms with Gasteiger partial charge in [-0.2, -0.15) is 0 Å². The number of ether oxygens (including phenoxy) is 2. The minimum atomic E-state index is -0.578. The summed E-state index contributed by atoms with van der Waals surface area (Å²) in [5, 5.41) is 13.3. The zero-order chi connectivity index (χ0) is 13.5. The van der Waals surface area contributed by atoms with Gasteiger partial charge in [-0.15, -0.1) is 0 Å². The molecule has 1 rings (SSSR count). The van der Waals surface area contributed by atoms with E-state index in [1.54, 1.807) is 13.0 Å². The molecule has 0 fully saturated rings. The van der Waals surface area contributed by atoms with E-state index in [0.717, 1.165) is 0 Å². The minimum absolute atomic E-state index is 0.116. The number of carbonyl (C=O) groups is 1. The second kappa shape index (κ2) is 6.55. The van der Waals surface area contributed by atoms with Gasteiger partial charge in [0.15, 0.2) is 0 Å². The predicted molar refractivity (Wildman–Crippen MR) is 64.8 cm³/mol. The van der Waals surface area contributed by atoms with Crippen molar-refractivity contribution in [1.82, 2.24) is 0 Å². The van der Waals surface area contributed by atoms with Crippen molar-refractivity contribution in [2.75, 3.05) is 25.6 Å². The average Bonchev–Trinajstić information content (AvgIpc) is 2.31. The monoisotopic (exact) mass is 254 g/mol. The highest BCUT2D eigenvalue weighted by molar-refractivity contribution is 5.94. The lowest BCUT2D eigenvalue weighted by Gasteiger charge is -2.07. The molecular formula is C11H14N2O5. The summed E-state index contributed by atoms with van der Waals surface area (Å²) in [6.45, 7) is 2.02. The summed E-state index contributed by atoms with van der Waals surface area (Å²) in [6.07, 6.45) is 0. The lowest BCUT2D eigenvalue weighted by molar-refractivity contribution is -0.384. The summed E-state index contributed by atoms with van der Waals surface area (Å²) >= 11 is 0. The number of hydrogen-bond donors (Lipinski definition) is 1. The van der Waals surface area contributed by atoms with E-state index in [1.807, 2.05) is 0 Å². The molecule has 0 radical (unpaired) electrons. The number of nitro groups is 1. The standard InChI is InChI=1S/C11H14N2O5/c1-3-18-8-4-5-9(10(6-8)13(15)16)12-11(14)7-17-2/h4-6H,3,7H2,1-2H3,(H,12,14). The number of nitrogens with one attached hydrogen (secondary N) is 1. The van der Waals surface area contributed by atoms with E-state index in [1.165, 1.54) is 19.2 Å². The quantitative estimate of drug-likeness (QED) is 0.614. The van der Waals surface area contributed by atoms with Crippen LogP contribution in [0.15, 0.2) is 18.2 Å². The molecule has 1 aromatic carbocycles. The van der Waals surface area contributed by atoms with Crippen LogP contribution in [0.3, 0.4) is 0 Å². The lowest BCUT2D eigenvalue weighted by atomic mass is 10.2. The molecule has 0 aliphatic rings. The van der Waals surface area contributed by atoms with Gasteiger partial charge in [0.05, 0.1) is 17.6 Å². The van der Waals surface area contributed by atoms with Crippen LogP contribution in [0.4, 0.5) is 11.4 Å². The minimum Gasteiger partial charge on any atom is -0.494 e. The Bertz CT molecular complexity index is 447. The van der Waals surface area contributed by atoms with Crippen LogP contribution in [0.25, 0.3) is 0 Å². The Kier molecular flexibility index (Phi) is 5.06. The maximum absolute atomic E-state index is 11.3. The van der Waals surface area contributed by atoms with Crippen LogP contribution in [0.5, 0.6) is 5.75 Å².